The molecule has 4 nitrogen and oxygen atoms in total. The third kappa shape index (κ3) is 3.48. The molecule has 1 saturated heterocycles. The lowest BCUT2D eigenvalue weighted by Crippen LogP contribution is -2.51. The van der Waals surface area contributed by atoms with Crippen molar-refractivity contribution in [1.29, 1.82) is 0 Å². The van der Waals surface area contributed by atoms with Crippen LogP contribution in [0.3, 0.4) is 0 Å². The van der Waals surface area contributed by atoms with Crippen molar-refractivity contribution in [1.82, 2.24) is 4.90 Å². The molecule has 154 valence electrons. The van der Waals surface area contributed by atoms with E-state index in [0.29, 0.717) is 12.1 Å². The molecule has 3 fully saturated rings. The number of hydrogen-bond acceptors (Lipinski definition) is 4. The first-order chi connectivity index (χ1) is 13.7. The van der Waals surface area contributed by atoms with Crippen molar-refractivity contribution in [2.45, 2.75) is 82.1 Å². The van der Waals surface area contributed by atoms with Crippen molar-refractivity contribution < 1.29 is 14.2 Å². The van der Waals surface area contributed by atoms with Crippen LogP contribution in [0.5, 0.6) is 5.75 Å². The molecule has 3 unspecified atom stereocenters. The van der Waals surface area contributed by atoms with Gasteiger partial charge in [0.15, 0.2) is 0 Å². The Labute approximate surface area is 169 Å². The van der Waals surface area contributed by atoms with Crippen LogP contribution in [-0.4, -0.2) is 50.0 Å². The minimum Gasteiger partial charge on any atom is -0.496 e. The number of likely N-dealkylation sites (tertiary alicyclic amines) is 1. The average molecular weight is 386 g/mol. The summed E-state index contributed by atoms with van der Waals surface area (Å²) in [7, 11) is 3.73. The van der Waals surface area contributed by atoms with Crippen LogP contribution < -0.4 is 4.74 Å². The van der Waals surface area contributed by atoms with E-state index in [-0.39, 0.29) is 5.60 Å². The van der Waals surface area contributed by atoms with Crippen molar-refractivity contribution in [3.63, 3.8) is 0 Å². The summed E-state index contributed by atoms with van der Waals surface area (Å²) in [6.07, 6.45) is 11.3. The first kappa shape index (κ1) is 18.9. The van der Waals surface area contributed by atoms with E-state index in [9.17, 15) is 0 Å². The molecule has 4 heteroatoms. The molecule has 0 radical (unpaired) electrons. The molecule has 0 aromatic heterocycles. The SMILES string of the molecule is COc1cc2c(cc1CN1CCC3(OC)CCC(OCC4CC4)CC13)CCC2. The highest BCUT2D eigenvalue weighted by molar-refractivity contribution is 5.45. The van der Waals surface area contributed by atoms with Gasteiger partial charge in [-0.2, -0.15) is 0 Å². The molecule has 4 aliphatic rings. The van der Waals surface area contributed by atoms with E-state index in [1.165, 1.54) is 48.8 Å². The summed E-state index contributed by atoms with van der Waals surface area (Å²) >= 11 is 0. The fourth-order valence-electron chi connectivity index (χ4n) is 5.84. The summed E-state index contributed by atoms with van der Waals surface area (Å²) in [6.45, 7) is 3.03. The number of methoxy groups -OCH3 is 2. The lowest BCUT2D eigenvalue weighted by atomic mass is 9.79. The van der Waals surface area contributed by atoms with Gasteiger partial charge in [0.1, 0.15) is 5.75 Å². The molecule has 28 heavy (non-hydrogen) atoms. The quantitative estimate of drug-likeness (QED) is 0.706. The fourth-order valence-corrected chi connectivity index (χ4v) is 5.84. The number of benzene rings is 1. The van der Waals surface area contributed by atoms with Gasteiger partial charge in [-0.3, -0.25) is 4.90 Å². The molecule has 1 aliphatic heterocycles. The molecule has 1 aromatic carbocycles. The third-order valence-electron chi connectivity index (χ3n) is 7.79. The van der Waals surface area contributed by atoms with Gasteiger partial charge in [0.2, 0.25) is 0 Å². The largest absolute Gasteiger partial charge is 0.496 e. The van der Waals surface area contributed by atoms with Crippen molar-refractivity contribution >= 4 is 0 Å². The maximum atomic E-state index is 6.30. The Morgan fingerprint density at radius 2 is 1.89 bits per heavy atom. The zero-order valence-electron chi connectivity index (χ0n) is 17.5. The van der Waals surface area contributed by atoms with Gasteiger partial charge in [0, 0.05) is 38.4 Å². The molecule has 5 rings (SSSR count). The normalized spacial score (nSPS) is 32.4. The van der Waals surface area contributed by atoms with Crippen molar-refractivity contribution in [3.8, 4) is 5.75 Å². The Morgan fingerprint density at radius 3 is 2.64 bits per heavy atom. The second kappa shape index (κ2) is 7.62. The van der Waals surface area contributed by atoms with Crippen molar-refractivity contribution in [3.05, 3.63) is 28.8 Å². The lowest BCUT2D eigenvalue weighted by Gasteiger charge is -2.43. The lowest BCUT2D eigenvalue weighted by molar-refractivity contribution is -0.103. The van der Waals surface area contributed by atoms with Crippen LogP contribution in [0, 0.1) is 5.92 Å². The molecule has 3 aliphatic carbocycles. The molecular weight excluding hydrogens is 350 g/mol. The van der Waals surface area contributed by atoms with Gasteiger partial charge in [-0.15, -0.1) is 0 Å². The van der Waals surface area contributed by atoms with Crippen LogP contribution in [0.15, 0.2) is 12.1 Å². The summed E-state index contributed by atoms with van der Waals surface area (Å²) in [5.41, 5.74) is 4.38. The highest BCUT2D eigenvalue weighted by Gasteiger charge is 2.51. The predicted molar refractivity (Wildman–Crippen MR) is 110 cm³/mol. The number of aryl methyl sites for hydroxylation is 2. The van der Waals surface area contributed by atoms with Gasteiger partial charge in [0.25, 0.3) is 0 Å². The predicted octanol–water partition coefficient (Wildman–Crippen LogP) is 4.12. The first-order valence-corrected chi connectivity index (χ1v) is 11.3. The molecule has 0 amide bonds. The van der Waals surface area contributed by atoms with Gasteiger partial charge in [-0.25, -0.2) is 0 Å². The summed E-state index contributed by atoms with van der Waals surface area (Å²) in [6, 6.07) is 5.16. The number of hydrogen-bond donors (Lipinski definition) is 0. The number of rotatable bonds is 7. The minimum atomic E-state index is 0.0173. The van der Waals surface area contributed by atoms with E-state index >= 15 is 0 Å². The van der Waals surface area contributed by atoms with Crippen molar-refractivity contribution in [2.75, 3.05) is 27.4 Å². The number of nitrogens with zero attached hydrogens (tertiary/aromatic N) is 1. The zero-order chi connectivity index (χ0) is 19.1. The first-order valence-electron chi connectivity index (χ1n) is 11.3. The maximum Gasteiger partial charge on any atom is 0.123 e. The molecule has 2 saturated carbocycles. The fraction of sp³-hybridized carbons (Fsp3) is 0.750. The van der Waals surface area contributed by atoms with Crippen LogP contribution in [0.2, 0.25) is 0 Å². The molecule has 0 N–H and O–H groups in total. The Balaban J connectivity index is 1.33. The number of ether oxygens (including phenoxy) is 3. The van der Waals surface area contributed by atoms with E-state index in [2.05, 4.69) is 17.0 Å². The van der Waals surface area contributed by atoms with E-state index in [4.69, 9.17) is 14.2 Å². The zero-order valence-corrected chi connectivity index (χ0v) is 17.5. The monoisotopic (exact) mass is 385 g/mol. The highest BCUT2D eigenvalue weighted by atomic mass is 16.5. The minimum absolute atomic E-state index is 0.0173. The topological polar surface area (TPSA) is 30.9 Å². The van der Waals surface area contributed by atoms with Gasteiger partial charge < -0.3 is 14.2 Å². The molecular formula is C24H35NO3. The van der Waals surface area contributed by atoms with Crippen LogP contribution in [0.1, 0.15) is 61.6 Å². The summed E-state index contributed by atoms with van der Waals surface area (Å²) in [5, 5.41) is 0. The smallest absolute Gasteiger partial charge is 0.123 e. The van der Waals surface area contributed by atoms with Gasteiger partial charge in [-0.05, 0) is 80.9 Å². The highest BCUT2D eigenvalue weighted by Crippen LogP contribution is 2.45. The average Bonchev–Trinajstić information content (AvgIpc) is 3.33. The summed E-state index contributed by atoms with van der Waals surface area (Å²) < 4.78 is 18.2. The number of fused-ring (bicyclic) bond motifs is 2. The van der Waals surface area contributed by atoms with E-state index in [0.717, 1.165) is 57.0 Å². The molecule has 0 spiro atoms. The maximum absolute atomic E-state index is 6.30. The second-order valence-electron chi connectivity index (χ2n) is 9.46. The Bertz CT molecular complexity index is 716. The molecule has 1 aromatic rings. The van der Waals surface area contributed by atoms with Crippen molar-refractivity contribution in [2.24, 2.45) is 5.92 Å². The Morgan fingerprint density at radius 1 is 1.07 bits per heavy atom. The van der Waals surface area contributed by atoms with E-state index in [1.54, 1.807) is 0 Å². The van der Waals surface area contributed by atoms with Gasteiger partial charge in [-0.1, -0.05) is 6.07 Å². The Kier molecular flexibility index (Phi) is 5.14. The van der Waals surface area contributed by atoms with Gasteiger partial charge >= 0.3 is 0 Å². The molecule has 3 atom stereocenters. The molecule has 0 bridgehead atoms. The van der Waals surface area contributed by atoms with Crippen LogP contribution >= 0.6 is 0 Å². The second-order valence-corrected chi connectivity index (χ2v) is 9.46. The van der Waals surface area contributed by atoms with Crippen LogP contribution in [0.4, 0.5) is 0 Å². The summed E-state index contributed by atoms with van der Waals surface area (Å²) in [5.74, 6) is 1.90. The van der Waals surface area contributed by atoms with E-state index < -0.39 is 0 Å². The Hall–Kier alpha value is -1.10. The standard InChI is InChI=1S/C24H35NO3/c1-26-22-13-19-5-3-4-18(19)12-20(22)15-25-11-10-24(27-2)9-8-21(14-23(24)25)28-16-17-6-7-17/h12-13,17,21,23H,3-11,14-16H2,1-2H3. The van der Waals surface area contributed by atoms with Crippen LogP contribution in [0.25, 0.3) is 0 Å². The van der Waals surface area contributed by atoms with Gasteiger partial charge in [0.05, 0.1) is 18.8 Å². The third-order valence-corrected chi connectivity index (χ3v) is 7.79. The summed E-state index contributed by atoms with van der Waals surface area (Å²) in [4.78, 5) is 2.65. The van der Waals surface area contributed by atoms with E-state index in [1.807, 2.05) is 14.2 Å². The van der Waals surface area contributed by atoms with Crippen LogP contribution in [-0.2, 0) is 28.9 Å². The molecule has 1 heterocycles.